The van der Waals surface area contributed by atoms with E-state index in [1.165, 1.54) is 5.57 Å². The van der Waals surface area contributed by atoms with Crippen molar-refractivity contribution in [2.24, 2.45) is 52.1 Å². The number of rotatable bonds is 5. The quantitative estimate of drug-likeness (QED) is 0.229. The van der Waals surface area contributed by atoms with Crippen molar-refractivity contribution in [3.63, 3.8) is 0 Å². The summed E-state index contributed by atoms with van der Waals surface area (Å²) in [6, 6.07) is 6.19. The fourth-order valence-corrected chi connectivity index (χ4v) is 10.7. The fourth-order valence-electron chi connectivity index (χ4n) is 10.7. The van der Waals surface area contributed by atoms with E-state index in [0.29, 0.717) is 42.0 Å². The summed E-state index contributed by atoms with van der Waals surface area (Å²) in [6.07, 6.45) is 17.9. The molecular formula is C39H43NO4. The molecule has 2 bridgehead atoms. The minimum atomic E-state index is -0.993. The molecule has 228 valence electrons. The van der Waals surface area contributed by atoms with Crippen LogP contribution in [0.15, 0.2) is 65.5 Å². The minimum Gasteiger partial charge on any atom is -0.449 e. The van der Waals surface area contributed by atoms with E-state index in [1.54, 1.807) is 0 Å². The van der Waals surface area contributed by atoms with E-state index in [9.17, 15) is 9.59 Å². The zero-order valence-electron chi connectivity index (χ0n) is 26.2. The summed E-state index contributed by atoms with van der Waals surface area (Å²) in [6.45, 7) is 7.28. The molecule has 1 aromatic carbocycles. The molecule has 0 radical (unpaired) electrons. The second-order valence-electron chi connectivity index (χ2n) is 14.5. The lowest BCUT2D eigenvalue weighted by atomic mass is 9.28. The number of carbonyl (C=O) groups is 2. The molecule has 7 aliphatic rings. The number of fused-ring (bicyclic) bond motifs is 6. The zero-order chi connectivity index (χ0) is 30.4. The number of benzene rings is 1. The summed E-state index contributed by atoms with van der Waals surface area (Å²) < 4.78 is 13.4. The number of allylic oxidation sites excluding steroid dienone is 6. The summed E-state index contributed by atoms with van der Waals surface area (Å²) in [4.78, 5) is 28.9. The van der Waals surface area contributed by atoms with Crippen molar-refractivity contribution in [1.82, 2.24) is 0 Å². The summed E-state index contributed by atoms with van der Waals surface area (Å²) in [5, 5.41) is 0. The van der Waals surface area contributed by atoms with Crippen LogP contribution in [0.3, 0.4) is 0 Å². The summed E-state index contributed by atoms with van der Waals surface area (Å²) in [5.74, 6) is 8.76. The first-order valence-corrected chi connectivity index (χ1v) is 16.9. The lowest BCUT2D eigenvalue weighted by Crippen LogP contribution is -2.77. The van der Waals surface area contributed by atoms with Gasteiger partial charge in [0.05, 0.1) is 11.0 Å². The fraction of sp³-hybridized carbons (Fsp3) is 0.538. The molecule has 1 aromatic rings. The van der Waals surface area contributed by atoms with Gasteiger partial charge >= 0.3 is 11.9 Å². The average Bonchev–Trinajstić information content (AvgIpc) is 3.46. The SMILES string of the molecule is CCC[C@H]1[C@@]23C(=O)O/C4=C\C[C@@H](C)CC#C[C@@H](C[C@@]42[C@]12OC(=O)c1c(CCCN)cccc12)C1=C3C=C[C@H]2[C@@H]1C=CC[C@@H]2C. The number of hydrogen-bond donors (Lipinski definition) is 1. The van der Waals surface area contributed by atoms with Crippen LogP contribution in [0.5, 0.6) is 0 Å². The van der Waals surface area contributed by atoms with Crippen LogP contribution >= 0.6 is 0 Å². The molecule has 0 aromatic heterocycles. The molecule has 1 saturated carbocycles. The number of aryl methyl sites for hydroxylation is 1. The zero-order valence-corrected chi connectivity index (χ0v) is 26.2. The average molecular weight is 590 g/mol. The Balaban J connectivity index is 1.45. The Morgan fingerprint density at radius 3 is 2.82 bits per heavy atom. The van der Waals surface area contributed by atoms with Gasteiger partial charge < -0.3 is 15.2 Å². The van der Waals surface area contributed by atoms with Gasteiger partial charge in [0.1, 0.15) is 11.2 Å². The highest BCUT2D eigenvalue weighted by Gasteiger charge is 2.93. The molecule has 8 rings (SSSR count). The number of esters is 2. The van der Waals surface area contributed by atoms with Crippen LogP contribution in [-0.4, -0.2) is 18.5 Å². The lowest BCUT2D eigenvalue weighted by molar-refractivity contribution is -0.277. The van der Waals surface area contributed by atoms with E-state index < -0.39 is 16.4 Å². The van der Waals surface area contributed by atoms with Crippen LogP contribution in [0, 0.1) is 58.2 Å². The Morgan fingerprint density at radius 1 is 1.14 bits per heavy atom. The van der Waals surface area contributed by atoms with Crippen LogP contribution in [0.1, 0.15) is 87.2 Å². The van der Waals surface area contributed by atoms with E-state index >= 15 is 0 Å². The monoisotopic (exact) mass is 589 g/mol. The Labute approximate surface area is 261 Å². The van der Waals surface area contributed by atoms with Gasteiger partial charge in [-0.1, -0.05) is 75.6 Å². The number of ether oxygens (including phenoxy) is 2. The van der Waals surface area contributed by atoms with Crippen molar-refractivity contribution < 1.29 is 19.1 Å². The Morgan fingerprint density at radius 2 is 2.00 bits per heavy atom. The van der Waals surface area contributed by atoms with Gasteiger partial charge in [-0.3, -0.25) is 4.79 Å². The molecule has 5 nitrogen and oxygen atoms in total. The predicted molar refractivity (Wildman–Crippen MR) is 169 cm³/mol. The van der Waals surface area contributed by atoms with Crippen LogP contribution in [0.4, 0.5) is 0 Å². The highest BCUT2D eigenvalue weighted by molar-refractivity contribution is 6.00. The molecule has 2 fully saturated rings. The van der Waals surface area contributed by atoms with Crippen LogP contribution in [0.2, 0.25) is 0 Å². The van der Waals surface area contributed by atoms with Crippen LogP contribution < -0.4 is 5.73 Å². The molecule has 5 aliphatic carbocycles. The van der Waals surface area contributed by atoms with Gasteiger partial charge in [-0.15, -0.1) is 5.92 Å². The maximum atomic E-state index is 14.8. The van der Waals surface area contributed by atoms with Crippen molar-refractivity contribution in [2.45, 2.75) is 77.7 Å². The molecule has 1 saturated heterocycles. The van der Waals surface area contributed by atoms with E-state index in [0.717, 1.165) is 61.6 Å². The third-order valence-electron chi connectivity index (χ3n) is 12.3. The van der Waals surface area contributed by atoms with Crippen molar-refractivity contribution in [1.29, 1.82) is 0 Å². The number of hydrogen-bond acceptors (Lipinski definition) is 5. The normalized spacial score (nSPS) is 41.7. The highest BCUT2D eigenvalue weighted by atomic mass is 16.6. The van der Waals surface area contributed by atoms with E-state index in [2.05, 4.69) is 75.1 Å². The van der Waals surface area contributed by atoms with Gasteiger partial charge in [0.2, 0.25) is 0 Å². The molecule has 9 atom stereocenters. The van der Waals surface area contributed by atoms with E-state index in [-0.39, 0.29) is 29.7 Å². The van der Waals surface area contributed by atoms with E-state index in [1.807, 2.05) is 6.07 Å². The molecule has 44 heavy (non-hydrogen) atoms. The Hall–Kier alpha value is -3.36. The lowest BCUT2D eigenvalue weighted by Gasteiger charge is -2.71. The van der Waals surface area contributed by atoms with Gasteiger partial charge in [-0.2, -0.15) is 0 Å². The Bertz CT molecular complexity index is 1650. The third-order valence-corrected chi connectivity index (χ3v) is 12.3. The first kappa shape index (κ1) is 28.1. The molecule has 2 aliphatic heterocycles. The maximum Gasteiger partial charge on any atom is 0.339 e. The van der Waals surface area contributed by atoms with Crippen LogP contribution in [-0.2, 0) is 26.3 Å². The van der Waals surface area contributed by atoms with Gasteiger partial charge in [-0.25, -0.2) is 4.79 Å². The largest absolute Gasteiger partial charge is 0.449 e. The molecule has 2 N–H and O–H groups in total. The van der Waals surface area contributed by atoms with Gasteiger partial charge in [0.25, 0.3) is 0 Å². The summed E-state index contributed by atoms with van der Waals surface area (Å²) in [5.41, 5.74) is 8.14. The summed E-state index contributed by atoms with van der Waals surface area (Å²) in [7, 11) is 0. The van der Waals surface area contributed by atoms with Gasteiger partial charge in [0, 0.05) is 29.7 Å². The first-order valence-electron chi connectivity index (χ1n) is 16.9. The highest BCUT2D eigenvalue weighted by Crippen LogP contribution is 2.87. The van der Waals surface area contributed by atoms with Crippen molar-refractivity contribution in [3.05, 3.63) is 82.2 Å². The topological polar surface area (TPSA) is 78.6 Å². The maximum absolute atomic E-state index is 14.8. The van der Waals surface area contributed by atoms with E-state index in [4.69, 9.17) is 15.2 Å². The smallest absolute Gasteiger partial charge is 0.339 e. The van der Waals surface area contributed by atoms with Gasteiger partial charge in [0.15, 0.2) is 5.60 Å². The molecule has 0 unspecified atom stereocenters. The third kappa shape index (κ3) is 3.16. The molecule has 0 amide bonds. The predicted octanol–water partition coefficient (Wildman–Crippen LogP) is 6.94. The van der Waals surface area contributed by atoms with Crippen LogP contribution in [0.25, 0.3) is 0 Å². The second kappa shape index (κ2) is 9.82. The molecular weight excluding hydrogens is 546 g/mol. The van der Waals surface area contributed by atoms with Crippen molar-refractivity contribution >= 4 is 11.9 Å². The van der Waals surface area contributed by atoms with Crippen molar-refractivity contribution in [2.75, 3.05) is 6.54 Å². The number of carbonyl (C=O) groups excluding carboxylic acids is 2. The second-order valence-corrected chi connectivity index (χ2v) is 14.5. The number of nitrogens with two attached hydrogens (primary N) is 1. The summed E-state index contributed by atoms with van der Waals surface area (Å²) >= 11 is 0. The molecule has 5 heteroatoms. The van der Waals surface area contributed by atoms with Crippen molar-refractivity contribution in [3.8, 4) is 11.8 Å². The molecule has 2 heterocycles. The standard InChI is InChI=1S/C39H43NO4/c1-4-9-31-38-29-19-18-27-24(3)11-6-15-28(27)33(29)26-13-5-10-23(2)17-20-32(43-36(38)42)37(38,22-26)39(31)30-16-7-12-25(14-8-21-40)34(30)35(41)44-39/h6-7,12,15-16,18-20,23-24,26-28,31H,4,8-11,14,17,21-22,40H2,1-3H3/b32-20-/t23-,24-,26-,27+,28-,31-,37+,38-,39+/m0/s1. The van der Waals surface area contributed by atoms with Gasteiger partial charge in [-0.05, 0) is 85.6 Å². The first-order chi connectivity index (χ1) is 21.4. The molecule has 2 spiro atoms. The minimum absolute atomic E-state index is 0.0589. The Kier molecular flexibility index (Phi) is 6.28.